The highest BCUT2D eigenvalue weighted by Crippen LogP contribution is 2.17. The summed E-state index contributed by atoms with van der Waals surface area (Å²) in [5.74, 6) is -0.392. The lowest BCUT2D eigenvalue weighted by molar-refractivity contribution is -0.123. The number of carbonyl (C=O) groups excluding carboxylic acids is 2. The summed E-state index contributed by atoms with van der Waals surface area (Å²) >= 11 is 5.89. The minimum Gasteiger partial charge on any atom is -0.374 e. The number of piperazine rings is 1. The molecule has 1 atom stereocenters. The molecule has 2 fully saturated rings. The average Bonchev–Trinajstić information content (AvgIpc) is 2.74. The quantitative estimate of drug-likeness (QED) is 0.679. The molecule has 172 valence electrons. The van der Waals surface area contributed by atoms with Gasteiger partial charge >= 0.3 is 0 Å². The van der Waals surface area contributed by atoms with E-state index in [0.717, 1.165) is 19.6 Å². The van der Waals surface area contributed by atoms with E-state index in [0.29, 0.717) is 50.3 Å². The highest BCUT2D eigenvalue weighted by molar-refractivity contribution is 6.31. The highest BCUT2D eigenvalue weighted by atomic mass is 35.5. The summed E-state index contributed by atoms with van der Waals surface area (Å²) in [4.78, 5) is 30.9. The van der Waals surface area contributed by atoms with Gasteiger partial charge in [0.05, 0.1) is 24.8 Å². The molecule has 1 aromatic carbocycles. The van der Waals surface area contributed by atoms with Crippen LogP contribution in [0.5, 0.6) is 0 Å². The molecule has 1 aromatic rings. The molecular weight excluding hydrogens is 423 g/mol. The number of nitrogens with zero attached hydrogens (tertiary/aromatic N) is 3. The lowest BCUT2D eigenvalue weighted by Crippen LogP contribution is -2.52. The van der Waals surface area contributed by atoms with Gasteiger partial charge in [0.25, 0.3) is 5.91 Å². The molecule has 0 aliphatic carbocycles. The van der Waals surface area contributed by atoms with Gasteiger partial charge < -0.3 is 15.0 Å². The number of morpholine rings is 1. The Kier molecular flexibility index (Phi) is 8.66. The third-order valence-corrected chi connectivity index (χ3v) is 5.79. The van der Waals surface area contributed by atoms with Crippen molar-refractivity contribution in [3.8, 4) is 0 Å². The van der Waals surface area contributed by atoms with Gasteiger partial charge in [-0.05, 0) is 24.1 Å². The number of rotatable bonds is 7. The molecule has 2 heterocycles. The van der Waals surface area contributed by atoms with Gasteiger partial charge in [-0.25, -0.2) is 4.39 Å². The van der Waals surface area contributed by atoms with Crippen molar-refractivity contribution in [2.45, 2.75) is 20.0 Å². The van der Waals surface area contributed by atoms with Crippen LogP contribution in [0.2, 0.25) is 5.02 Å². The SMILES string of the molecule is CC(C)CN1CCOC(CNC(=O)CN2CCN(C(=O)c3cc(Cl)ccc3F)CC2)C1. The molecule has 3 rings (SSSR count). The van der Waals surface area contributed by atoms with Crippen molar-refractivity contribution in [2.24, 2.45) is 5.92 Å². The highest BCUT2D eigenvalue weighted by Gasteiger charge is 2.26. The molecule has 0 aromatic heterocycles. The Morgan fingerprint density at radius 2 is 1.94 bits per heavy atom. The maximum atomic E-state index is 14.0. The second kappa shape index (κ2) is 11.2. The largest absolute Gasteiger partial charge is 0.374 e. The van der Waals surface area contributed by atoms with Gasteiger partial charge in [-0.2, -0.15) is 0 Å². The molecule has 2 aliphatic heterocycles. The van der Waals surface area contributed by atoms with Crippen LogP contribution >= 0.6 is 11.6 Å². The van der Waals surface area contributed by atoms with E-state index in [1.165, 1.54) is 18.2 Å². The van der Waals surface area contributed by atoms with E-state index in [1.807, 2.05) is 4.90 Å². The van der Waals surface area contributed by atoms with Crippen molar-refractivity contribution >= 4 is 23.4 Å². The van der Waals surface area contributed by atoms with E-state index < -0.39 is 5.82 Å². The first-order valence-electron chi connectivity index (χ1n) is 10.9. The molecule has 7 nitrogen and oxygen atoms in total. The van der Waals surface area contributed by atoms with Crippen molar-refractivity contribution in [3.05, 3.63) is 34.6 Å². The molecule has 2 saturated heterocycles. The summed E-state index contributed by atoms with van der Waals surface area (Å²) in [6.45, 7) is 10.7. The van der Waals surface area contributed by atoms with Crippen LogP contribution in [0.15, 0.2) is 18.2 Å². The Morgan fingerprint density at radius 3 is 2.65 bits per heavy atom. The molecule has 0 radical (unpaired) electrons. The lowest BCUT2D eigenvalue weighted by Gasteiger charge is -2.35. The van der Waals surface area contributed by atoms with Crippen molar-refractivity contribution in [3.63, 3.8) is 0 Å². The molecule has 1 unspecified atom stereocenters. The number of carbonyl (C=O) groups is 2. The van der Waals surface area contributed by atoms with Crippen LogP contribution in [-0.4, -0.2) is 98.1 Å². The van der Waals surface area contributed by atoms with Crippen LogP contribution in [0.25, 0.3) is 0 Å². The van der Waals surface area contributed by atoms with Gasteiger partial charge in [0.15, 0.2) is 0 Å². The third-order valence-electron chi connectivity index (χ3n) is 5.56. The number of halogens is 2. The van der Waals surface area contributed by atoms with Crippen LogP contribution < -0.4 is 5.32 Å². The Hall–Kier alpha value is -1.74. The Bertz CT molecular complexity index is 771. The number of hydrogen-bond donors (Lipinski definition) is 1. The van der Waals surface area contributed by atoms with Crippen LogP contribution in [0.4, 0.5) is 4.39 Å². The first-order chi connectivity index (χ1) is 14.8. The van der Waals surface area contributed by atoms with Crippen LogP contribution in [0.3, 0.4) is 0 Å². The smallest absolute Gasteiger partial charge is 0.256 e. The Balaban J connectivity index is 1.39. The molecular formula is C22H32ClFN4O3. The number of amides is 2. The molecule has 31 heavy (non-hydrogen) atoms. The average molecular weight is 455 g/mol. The van der Waals surface area contributed by atoms with Crippen molar-refractivity contribution in [1.29, 1.82) is 0 Å². The molecule has 9 heteroatoms. The summed E-state index contributed by atoms with van der Waals surface area (Å²) < 4.78 is 19.7. The summed E-state index contributed by atoms with van der Waals surface area (Å²) in [5.41, 5.74) is -0.0160. The van der Waals surface area contributed by atoms with E-state index in [9.17, 15) is 14.0 Å². The van der Waals surface area contributed by atoms with Gasteiger partial charge in [0, 0.05) is 57.4 Å². The van der Waals surface area contributed by atoms with Gasteiger partial charge in [-0.3, -0.25) is 19.4 Å². The van der Waals surface area contributed by atoms with E-state index in [-0.39, 0.29) is 30.0 Å². The zero-order valence-electron chi connectivity index (χ0n) is 18.3. The van der Waals surface area contributed by atoms with E-state index in [1.54, 1.807) is 4.90 Å². The van der Waals surface area contributed by atoms with Crippen LogP contribution in [0.1, 0.15) is 24.2 Å². The molecule has 0 bridgehead atoms. The number of nitrogens with one attached hydrogen (secondary N) is 1. The summed E-state index contributed by atoms with van der Waals surface area (Å²) in [6, 6.07) is 3.98. The lowest BCUT2D eigenvalue weighted by atomic mass is 10.1. The zero-order chi connectivity index (χ0) is 22.4. The topological polar surface area (TPSA) is 65.1 Å². The normalized spacial score (nSPS) is 20.8. The number of hydrogen-bond acceptors (Lipinski definition) is 5. The minimum absolute atomic E-state index is 0.0125. The van der Waals surface area contributed by atoms with Crippen molar-refractivity contribution in [2.75, 3.05) is 65.5 Å². The maximum Gasteiger partial charge on any atom is 0.256 e. The molecule has 2 aliphatic rings. The fourth-order valence-electron chi connectivity index (χ4n) is 4.01. The first-order valence-corrected chi connectivity index (χ1v) is 11.3. The number of ether oxygens (including phenoxy) is 1. The Labute approximate surface area is 188 Å². The number of benzene rings is 1. The van der Waals surface area contributed by atoms with Crippen molar-refractivity contribution in [1.82, 2.24) is 20.0 Å². The zero-order valence-corrected chi connectivity index (χ0v) is 19.0. The minimum atomic E-state index is -0.576. The molecule has 2 amide bonds. The van der Waals surface area contributed by atoms with Crippen LogP contribution in [0, 0.1) is 11.7 Å². The van der Waals surface area contributed by atoms with E-state index in [2.05, 4.69) is 24.1 Å². The fraction of sp³-hybridized carbons (Fsp3) is 0.636. The van der Waals surface area contributed by atoms with Crippen molar-refractivity contribution < 1.29 is 18.7 Å². The van der Waals surface area contributed by atoms with Gasteiger partial charge in [-0.1, -0.05) is 25.4 Å². The van der Waals surface area contributed by atoms with Crippen LogP contribution in [-0.2, 0) is 9.53 Å². The summed E-state index contributed by atoms with van der Waals surface area (Å²) in [7, 11) is 0. The van der Waals surface area contributed by atoms with Gasteiger partial charge in [-0.15, -0.1) is 0 Å². The molecule has 0 saturated carbocycles. The predicted octanol–water partition coefficient (Wildman–Crippen LogP) is 1.71. The second-order valence-corrected chi connectivity index (χ2v) is 9.08. The maximum absolute atomic E-state index is 14.0. The molecule has 1 N–H and O–H groups in total. The standard InChI is InChI=1S/C22H32ClFN4O3/c1-16(2)13-27-9-10-31-18(14-27)12-25-21(29)15-26-5-7-28(8-6-26)22(30)19-11-17(23)3-4-20(19)24/h3-4,11,16,18H,5-10,12-15H2,1-2H3,(H,25,29). The Morgan fingerprint density at radius 1 is 1.19 bits per heavy atom. The second-order valence-electron chi connectivity index (χ2n) is 8.64. The van der Waals surface area contributed by atoms with E-state index >= 15 is 0 Å². The first kappa shape index (κ1) is 23.9. The summed E-state index contributed by atoms with van der Waals surface area (Å²) in [6.07, 6.45) is 0.0125. The molecule has 0 spiro atoms. The van der Waals surface area contributed by atoms with E-state index in [4.69, 9.17) is 16.3 Å². The monoisotopic (exact) mass is 454 g/mol. The third kappa shape index (κ3) is 7.14. The summed E-state index contributed by atoms with van der Waals surface area (Å²) in [5, 5.41) is 3.30. The fourth-order valence-corrected chi connectivity index (χ4v) is 4.19. The van der Waals surface area contributed by atoms with Gasteiger partial charge in [0.1, 0.15) is 5.82 Å². The predicted molar refractivity (Wildman–Crippen MR) is 118 cm³/mol. The van der Waals surface area contributed by atoms with Gasteiger partial charge in [0.2, 0.25) is 5.91 Å².